The van der Waals surface area contributed by atoms with Crippen LogP contribution in [-0.4, -0.2) is 12.0 Å². The van der Waals surface area contributed by atoms with Crippen LogP contribution in [0.3, 0.4) is 0 Å². The molecule has 0 atom stereocenters. The second-order valence-electron chi connectivity index (χ2n) is 3.97. The van der Waals surface area contributed by atoms with Crippen molar-refractivity contribution < 1.29 is 0 Å². The number of nitrogens with one attached hydrogen (secondary N) is 1. The third-order valence-electron chi connectivity index (χ3n) is 2.70. The van der Waals surface area contributed by atoms with Gasteiger partial charge in [-0.25, -0.2) is 4.98 Å². The minimum absolute atomic E-state index is 0.902. The van der Waals surface area contributed by atoms with E-state index in [1.54, 1.807) is 11.8 Å². The van der Waals surface area contributed by atoms with Crippen LogP contribution in [0.15, 0.2) is 46.3 Å². The molecule has 1 heterocycles. The summed E-state index contributed by atoms with van der Waals surface area (Å²) in [7, 11) is 1.88. The molecule has 0 aliphatic rings. The van der Waals surface area contributed by atoms with E-state index in [1.807, 2.05) is 19.3 Å². The number of hydrogen-bond donors (Lipinski definition) is 1. The Labute approximate surface area is 106 Å². The molecule has 0 bridgehead atoms. The van der Waals surface area contributed by atoms with Crippen LogP contribution in [0.4, 0.5) is 5.82 Å². The number of aromatic nitrogens is 1. The first kappa shape index (κ1) is 12.0. The Morgan fingerprint density at radius 1 is 1.00 bits per heavy atom. The lowest BCUT2D eigenvalue weighted by molar-refractivity contribution is 1.23. The zero-order chi connectivity index (χ0) is 12.3. The Morgan fingerprint density at radius 2 is 1.76 bits per heavy atom. The molecule has 2 aromatic rings. The first-order valence-corrected chi connectivity index (χ1v) is 6.39. The average Bonchev–Trinajstić information content (AvgIpc) is 2.34. The molecule has 88 valence electrons. The maximum absolute atomic E-state index is 4.21. The fourth-order valence-electron chi connectivity index (χ4n) is 1.52. The summed E-state index contributed by atoms with van der Waals surface area (Å²) in [6.07, 6.45) is 1.83. The lowest BCUT2D eigenvalue weighted by atomic mass is 10.1. The molecule has 0 saturated carbocycles. The van der Waals surface area contributed by atoms with Crippen LogP contribution in [-0.2, 0) is 0 Å². The van der Waals surface area contributed by atoms with Gasteiger partial charge in [0.1, 0.15) is 5.82 Å². The van der Waals surface area contributed by atoms with Gasteiger partial charge in [-0.1, -0.05) is 17.8 Å². The van der Waals surface area contributed by atoms with E-state index in [1.165, 1.54) is 20.9 Å². The molecule has 0 unspecified atom stereocenters. The Hall–Kier alpha value is -1.48. The largest absolute Gasteiger partial charge is 0.373 e. The van der Waals surface area contributed by atoms with Gasteiger partial charge in [0, 0.05) is 23.0 Å². The zero-order valence-corrected chi connectivity index (χ0v) is 11.1. The van der Waals surface area contributed by atoms with Crippen LogP contribution in [0.25, 0.3) is 0 Å². The van der Waals surface area contributed by atoms with E-state index in [-0.39, 0.29) is 0 Å². The Morgan fingerprint density at radius 3 is 2.47 bits per heavy atom. The molecule has 0 aliphatic heterocycles. The summed E-state index contributed by atoms with van der Waals surface area (Å²) in [5.41, 5.74) is 2.66. The van der Waals surface area contributed by atoms with Crippen LogP contribution in [0, 0.1) is 13.8 Å². The Bertz CT molecular complexity index is 523. The van der Waals surface area contributed by atoms with Crippen molar-refractivity contribution in [1.29, 1.82) is 0 Å². The second kappa shape index (κ2) is 5.23. The van der Waals surface area contributed by atoms with Crippen molar-refractivity contribution in [1.82, 2.24) is 4.98 Å². The van der Waals surface area contributed by atoms with Gasteiger partial charge in [0.15, 0.2) is 0 Å². The topological polar surface area (TPSA) is 24.9 Å². The number of pyridine rings is 1. The van der Waals surface area contributed by atoms with Crippen LogP contribution < -0.4 is 5.32 Å². The maximum atomic E-state index is 4.21. The fraction of sp³-hybridized carbons (Fsp3) is 0.214. The summed E-state index contributed by atoms with van der Waals surface area (Å²) in [4.78, 5) is 6.67. The molecule has 0 radical (unpaired) electrons. The van der Waals surface area contributed by atoms with E-state index in [0.717, 1.165) is 5.82 Å². The van der Waals surface area contributed by atoms with Crippen LogP contribution in [0.5, 0.6) is 0 Å². The van der Waals surface area contributed by atoms with E-state index in [4.69, 9.17) is 0 Å². The molecule has 1 aromatic carbocycles. The summed E-state index contributed by atoms with van der Waals surface area (Å²) >= 11 is 1.76. The smallest absolute Gasteiger partial charge is 0.126 e. The van der Waals surface area contributed by atoms with E-state index in [2.05, 4.69) is 48.4 Å². The van der Waals surface area contributed by atoms with Crippen LogP contribution >= 0.6 is 11.8 Å². The number of nitrogens with zero attached hydrogens (tertiary/aromatic N) is 1. The zero-order valence-electron chi connectivity index (χ0n) is 10.3. The molecular weight excluding hydrogens is 228 g/mol. The minimum atomic E-state index is 0.902. The van der Waals surface area contributed by atoms with Crippen molar-refractivity contribution >= 4 is 17.6 Å². The van der Waals surface area contributed by atoms with Gasteiger partial charge < -0.3 is 5.32 Å². The monoisotopic (exact) mass is 244 g/mol. The van der Waals surface area contributed by atoms with E-state index in [0.29, 0.717) is 0 Å². The third kappa shape index (κ3) is 3.01. The molecule has 0 fully saturated rings. The summed E-state index contributed by atoms with van der Waals surface area (Å²) in [6, 6.07) is 10.6. The van der Waals surface area contributed by atoms with Gasteiger partial charge in [0.05, 0.1) is 0 Å². The standard InChI is InChI=1S/C14H16N2S/c1-10-4-5-12(8-11(10)2)17-13-6-7-16-14(9-13)15-3/h4-9H,1-3H3,(H,15,16). The van der Waals surface area contributed by atoms with Gasteiger partial charge in [-0.3, -0.25) is 0 Å². The summed E-state index contributed by atoms with van der Waals surface area (Å²) in [6.45, 7) is 4.28. The van der Waals surface area contributed by atoms with Crippen LogP contribution in [0.2, 0.25) is 0 Å². The predicted octanol–water partition coefficient (Wildman–Crippen LogP) is 3.89. The summed E-state index contributed by atoms with van der Waals surface area (Å²) in [5, 5.41) is 3.05. The number of benzene rings is 1. The molecule has 2 nitrogen and oxygen atoms in total. The molecule has 3 heteroatoms. The Kier molecular flexibility index (Phi) is 3.69. The van der Waals surface area contributed by atoms with Gasteiger partial charge in [0.2, 0.25) is 0 Å². The van der Waals surface area contributed by atoms with E-state index < -0.39 is 0 Å². The summed E-state index contributed by atoms with van der Waals surface area (Å²) in [5.74, 6) is 0.902. The van der Waals surface area contributed by atoms with Crippen molar-refractivity contribution in [2.45, 2.75) is 23.6 Å². The summed E-state index contributed by atoms with van der Waals surface area (Å²) < 4.78 is 0. The first-order valence-electron chi connectivity index (χ1n) is 5.58. The number of hydrogen-bond acceptors (Lipinski definition) is 3. The van der Waals surface area contributed by atoms with Gasteiger partial charge >= 0.3 is 0 Å². The van der Waals surface area contributed by atoms with Gasteiger partial charge in [-0.15, -0.1) is 0 Å². The lowest BCUT2D eigenvalue weighted by Crippen LogP contribution is -1.91. The highest BCUT2D eigenvalue weighted by Gasteiger charge is 2.00. The number of anilines is 1. The molecule has 0 spiro atoms. The van der Waals surface area contributed by atoms with Crippen molar-refractivity contribution in [3.05, 3.63) is 47.7 Å². The quantitative estimate of drug-likeness (QED) is 0.886. The van der Waals surface area contributed by atoms with Crippen molar-refractivity contribution in [3.63, 3.8) is 0 Å². The van der Waals surface area contributed by atoms with Crippen molar-refractivity contribution in [2.75, 3.05) is 12.4 Å². The molecule has 2 rings (SSSR count). The first-order chi connectivity index (χ1) is 8.19. The third-order valence-corrected chi connectivity index (χ3v) is 3.68. The normalized spacial score (nSPS) is 10.3. The number of aryl methyl sites for hydroxylation is 2. The lowest BCUT2D eigenvalue weighted by Gasteiger charge is -2.06. The van der Waals surface area contributed by atoms with Gasteiger partial charge in [-0.2, -0.15) is 0 Å². The fourth-order valence-corrected chi connectivity index (χ4v) is 2.47. The molecule has 0 saturated heterocycles. The average molecular weight is 244 g/mol. The highest BCUT2D eigenvalue weighted by Crippen LogP contribution is 2.29. The maximum Gasteiger partial charge on any atom is 0.126 e. The molecule has 0 amide bonds. The molecular formula is C14H16N2S. The molecule has 1 aromatic heterocycles. The van der Waals surface area contributed by atoms with E-state index in [9.17, 15) is 0 Å². The van der Waals surface area contributed by atoms with Crippen molar-refractivity contribution in [2.24, 2.45) is 0 Å². The SMILES string of the molecule is CNc1cc(Sc2ccc(C)c(C)c2)ccn1. The van der Waals surface area contributed by atoms with Gasteiger partial charge in [0.25, 0.3) is 0 Å². The number of rotatable bonds is 3. The van der Waals surface area contributed by atoms with E-state index >= 15 is 0 Å². The molecule has 0 aliphatic carbocycles. The highest BCUT2D eigenvalue weighted by atomic mass is 32.2. The predicted molar refractivity (Wildman–Crippen MR) is 73.8 cm³/mol. The Balaban J connectivity index is 2.22. The molecule has 17 heavy (non-hydrogen) atoms. The highest BCUT2D eigenvalue weighted by molar-refractivity contribution is 7.99. The van der Waals surface area contributed by atoms with Crippen molar-refractivity contribution in [3.8, 4) is 0 Å². The minimum Gasteiger partial charge on any atom is -0.373 e. The second-order valence-corrected chi connectivity index (χ2v) is 5.12. The molecule has 1 N–H and O–H groups in total. The van der Waals surface area contributed by atoms with Gasteiger partial charge in [-0.05, 0) is 49.2 Å². The van der Waals surface area contributed by atoms with Crippen LogP contribution in [0.1, 0.15) is 11.1 Å².